The minimum atomic E-state index is -1.22. The fourth-order valence-corrected chi connectivity index (χ4v) is 2.39. The zero-order chi connectivity index (χ0) is 23.8. The smallest absolute Gasteiger partial charge is 0.450 e. The minimum Gasteiger partial charge on any atom is -0.450 e. The first-order valence-corrected chi connectivity index (χ1v) is 11.5. The van der Waals surface area contributed by atoms with Gasteiger partial charge in [-0.1, -0.05) is 81.0 Å². The summed E-state index contributed by atoms with van der Waals surface area (Å²) in [5.41, 5.74) is -0.578. The third-order valence-electron chi connectivity index (χ3n) is 4.13. The Morgan fingerprint density at radius 2 is 1.23 bits per heavy atom. The van der Waals surface area contributed by atoms with Crippen molar-refractivity contribution in [2.75, 3.05) is 6.61 Å². The van der Waals surface area contributed by atoms with Crippen LogP contribution in [0, 0.1) is 5.92 Å². The zero-order valence-electron chi connectivity index (χ0n) is 20.4. The highest BCUT2D eigenvalue weighted by Crippen LogP contribution is 2.10. The van der Waals surface area contributed by atoms with Gasteiger partial charge in [0.2, 0.25) is 0 Å². The van der Waals surface area contributed by atoms with Crippen LogP contribution in [-0.2, 0) is 4.74 Å². The number of hydrogen-bond acceptors (Lipinski definition) is 3. The van der Waals surface area contributed by atoms with E-state index in [-0.39, 0.29) is 0 Å². The predicted molar refractivity (Wildman–Crippen MR) is 133 cm³/mol. The molecule has 4 heteroatoms. The van der Waals surface area contributed by atoms with E-state index >= 15 is 0 Å². The van der Waals surface area contributed by atoms with Crippen molar-refractivity contribution in [1.82, 2.24) is 0 Å². The summed E-state index contributed by atoms with van der Waals surface area (Å²) in [4.78, 5) is 9.79. The predicted octanol–water partition coefficient (Wildman–Crippen LogP) is 8.02. The quantitative estimate of drug-likeness (QED) is 0.214. The summed E-state index contributed by atoms with van der Waals surface area (Å²) < 4.78 is 4.35. The van der Waals surface area contributed by atoms with Crippen LogP contribution in [-0.4, -0.2) is 28.6 Å². The van der Waals surface area contributed by atoms with Gasteiger partial charge in [-0.3, -0.25) is 0 Å². The van der Waals surface area contributed by atoms with Crippen LogP contribution in [0.1, 0.15) is 86.0 Å². The molecule has 0 fully saturated rings. The van der Waals surface area contributed by atoms with E-state index in [9.17, 15) is 4.79 Å². The van der Waals surface area contributed by atoms with Gasteiger partial charge in [0.15, 0.2) is 0 Å². The van der Waals surface area contributed by atoms with Gasteiger partial charge in [-0.2, -0.15) is 0 Å². The second-order valence-electron chi connectivity index (χ2n) is 8.22. The summed E-state index contributed by atoms with van der Waals surface area (Å²) in [6.45, 7) is 9.66. The molecule has 0 aromatic rings. The van der Waals surface area contributed by atoms with E-state index < -0.39 is 11.8 Å². The SMILES string of the molecule is CC(C)(C)OC(=O)O.CC/C=C\C/C=C\C/C=C\C/C=C\C/C=C\CCC(CC)CO. The van der Waals surface area contributed by atoms with Crippen molar-refractivity contribution in [2.45, 2.75) is 91.6 Å². The van der Waals surface area contributed by atoms with Crippen molar-refractivity contribution in [2.24, 2.45) is 5.92 Å². The van der Waals surface area contributed by atoms with Crippen molar-refractivity contribution in [3.05, 3.63) is 60.8 Å². The molecule has 0 aromatic carbocycles. The number of carboxylic acid groups (broad SMARTS) is 1. The van der Waals surface area contributed by atoms with Gasteiger partial charge < -0.3 is 14.9 Å². The number of hydrogen-bond donors (Lipinski definition) is 2. The Hall–Kier alpha value is -2.07. The molecule has 4 nitrogen and oxygen atoms in total. The molecule has 0 bridgehead atoms. The maximum atomic E-state index is 9.79. The molecule has 0 radical (unpaired) electrons. The fourth-order valence-electron chi connectivity index (χ4n) is 2.39. The molecule has 0 saturated heterocycles. The largest absolute Gasteiger partial charge is 0.506 e. The van der Waals surface area contributed by atoms with Crippen LogP contribution >= 0.6 is 0 Å². The molecule has 0 aromatic heterocycles. The Morgan fingerprint density at radius 1 is 0.806 bits per heavy atom. The molecule has 0 heterocycles. The maximum Gasteiger partial charge on any atom is 0.506 e. The minimum absolute atomic E-state index is 0.321. The highest BCUT2D eigenvalue weighted by molar-refractivity contribution is 5.57. The van der Waals surface area contributed by atoms with Gasteiger partial charge in [0.05, 0.1) is 0 Å². The molecule has 1 atom stereocenters. The second kappa shape index (κ2) is 22.6. The van der Waals surface area contributed by atoms with E-state index in [1.807, 2.05) is 0 Å². The van der Waals surface area contributed by atoms with Crippen LogP contribution < -0.4 is 0 Å². The highest BCUT2D eigenvalue weighted by Gasteiger charge is 2.13. The van der Waals surface area contributed by atoms with Crippen molar-refractivity contribution in [3.8, 4) is 0 Å². The van der Waals surface area contributed by atoms with Gasteiger partial charge in [-0.05, 0) is 71.6 Å². The number of rotatable bonds is 14. The zero-order valence-corrected chi connectivity index (χ0v) is 20.4. The molecule has 0 amide bonds. The van der Waals surface area contributed by atoms with E-state index in [0.717, 1.165) is 51.4 Å². The highest BCUT2D eigenvalue weighted by atomic mass is 16.7. The molecular formula is C27H46O4. The first kappa shape index (κ1) is 31.1. The van der Waals surface area contributed by atoms with Gasteiger partial charge >= 0.3 is 6.16 Å². The monoisotopic (exact) mass is 434 g/mol. The van der Waals surface area contributed by atoms with E-state index in [4.69, 9.17) is 10.2 Å². The number of aliphatic hydroxyl groups excluding tert-OH is 1. The van der Waals surface area contributed by atoms with E-state index in [1.54, 1.807) is 20.8 Å². The average Bonchev–Trinajstić information content (AvgIpc) is 2.69. The Kier molecular flexibility index (Phi) is 22.7. The Bertz CT molecular complexity index is 544. The Morgan fingerprint density at radius 3 is 1.52 bits per heavy atom. The number of allylic oxidation sites excluding steroid dienone is 10. The van der Waals surface area contributed by atoms with Gasteiger partial charge in [0.25, 0.3) is 0 Å². The van der Waals surface area contributed by atoms with Gasteiger partial charge in [0, 0.05) is 6.61 Å². The summed E-state index contributed by atoms with van der Waals surface area (Å²) in [6, 6.07) is 0. The summed E-state index contributed by atoms with van der Waals surface area (Å²) in [5, 5.41) is 17.1. The lowest BCUT2D eigenvalue weighted by molar-refractivity contribution is 0.0150. The molecule has 178 valence electrons. The van der Waals surface area contributed by atoms with Crippen LogP contribution in [0.2, 0.25) is 0 Å². The number of ether oxygens (including phenoxy) is 1. The normalized spacial score (nSPS) is 13.5. The van der Waals surface area contributed by atoms with Crippen molar-refractivity contribution < 1.29 is 19.7 Å². The van der Waals surface area contributed by atoms with Crippen molar-refractivity contribution in [1.29, 1.82) is 0 Å². The molecule has 0 rings (SSSR count). The molecule has 0 aliphatic carbocycles. The van der Waals surface area contributed by atoms with Crippen molar-refractivity contribution in [3.63, 3.8) is 0 Å². The van der Waals surface area contributed by atoms with Gasteiger partial charge in [-0.15, -0.1) is 0 Å². The second-order valence-corrected chi connectivity index (χ2v) is 8.22. The lowest BCUT2D eigenvalue weighted by Crippen LogP contribution is -2.22. The maximum absolute atomic E-state index is 9.79. The molecule has 1 unspecified atom stereocenters. The Labute approximate surface area is 191 Å². The van der Waals surface area contributed by atoms with Crippen LogP contribution in [0.15, 0.2) is 60.8 Å². The van der Waals surface area contributed by atoms with E-state index in [0.29, 0.717) is 12.5 Å². The van der Waals surface area contributed by atoms with E-state index in [1.165, 1.54) is 0 Å². The van der Waals surface area contributed by atoms with Crippen LogP contribution in [0.4, 0.5) is 4.79 Å². The fraction of sp³-hybridized carbons (Fsp3) is 0.593. The van der Waals surface area contributed by atoms with Gasteiger partial charge in [0.1, 0.15) is 5.60 Å². The molecular weight excluding hydrogens is 388 g/mol. The van der Waals surface area contributed by atoms with Crippen LogP contribution in [0.5, 0.6) is 0 Å². The lowest BCUT2D eigenvalue weighted by atomic mass is 10.0. The number of aliphatic hydroxyl groups is 1. The topological polar surface area (TPSA) is 66.8 Å². The van der Waals surface area contributed by atoms with Crippen LogP contribution in [0.25, 0.3) is 0 Å². The molecule has 0 spiro atoms. The number of carbonyl (C=O) groups is 1. The standard InChI is InChI=1S/C22H36O.C5H10O3/c1-3-5-6-7-8-9-10-11-12-13-14-15-16-17-18-19-20-22(4-2)21-23;1-5(2,3)8-4(6)7/h5-6,8-9,11-12,14-15,17-18,22-23H,3-4,7,10,13,16,19-21H2,1-2H3;1-3H3,(H,6,7)/b6-5-,9-8-,12-11-,15-14-,18-17-;. The van der Waals surface area contributed by atoms with Crippen LogP contribution in [0.3, 0.4) is 0 Å². The average molecular weight is 435 g/mol. The first-order chi connectivity index (χ1) is 14.8. The Balaban J connectivity index is 0. The third-order valence-corrected chi connectivity index (χ3v) is 4.13. The first-order valence-electron chi connectivity index (χ1n) is 11.5. The molecule has 0 aliphatic heterocycles. The molecule has 0 aliphatic rings. The summed E-state index contributed by atoms with van der Waals surface area (Å²) in [5.74, 6) is 0.469. The summed E-state index contributed by atoms with van der Waals surface area (Å²) in [6.07, 6.45) is 29.4. The summed E-state index contributed by atoms with van der Waals surface area (Å²) >= 11 is 0. The van der Waals surface area contributed by atoms with Crippen molar-refractivity contribution >= 4 is 6.16 Å². The lowest BCUT2D eigenvalue weighted by Gasteiger charge is -2.15. The molecule has 0 saturated carbocycles. The molecule has 31 heavy (non-hydrogen) atoms. The van der Waals surface area contributed by atoms with Gasteiger partial charge in [-0.25, -0.2) is 4.79 Å². The summed E-state index contributed by atoms with van der Waals surface area (Å²) in [7, 11) is 0. The third kappa shape index (κ3) is 30.2. The van der Waals surface area contributed by atoms with E-state index in [2.05, 4.69) is 79.3 Å². The molecule has 2 N–H and O–H groups in total.